The molecule has 0 saturated heterocycles. The molecule has 8 heavy (non-hydrogen) atoms. The second-order valence-electron chi connectivity index (χ2n) is 0.760. The van der Waals surface area contributed by atoms with E-state index in [1.54, 1.807) is 45.7 Å². The minimum Gasteiger partial charge on any atom is -0.274 e. The van der Waals surface area contributed by atoms with Crippen molar-refractivity contribution in [1.29, 1.82) is 0 Å². The average Bonchev–Trinajstić information content (AvgIpc) is 1.84. The number of nitrogens with zero attached hydrogens (tertiary/aromatic N) is 2. The topological polar surface area (TPSA) is 36.7 Å². The van der Waals surface area contributed by atoms with E-state index in [-0.39, 0.29) is 0 Å². The predicted octanol–water partition coefficient (Wildman–Crippen LogP) is 1.53. The summed E-state index contributed by atoms with van der Waals surface area (Å²) < 4.78 is 3.10. The van der Waals surface area contributed by atoms with E-state index < -0.39 is 6.03 Å². The number of carbonyl (C=O) groups excluding carboxylic acids is 1. The van der Waals surface area contributed by atoms with Gasteiger partial charge in [0.15, 0.2) is 22.9 Å². The van der Waals surface area contributed by atoms with Crippen LogP contribution in [-0.2, 0) is 0 Å². The summed E-state index contributed by atoms with van der Waals surface area (Å²) >= 11 is 3.26. The Labute approximate surface area is 74.4 Å². The van der Waals surface area contributed by atoms with Gasteiger partial charge in [-0.2, -0.15) is 6.57 Å². The van der Waals surface area contributed by atoms with Gasteiger partial charge in [-0.15, -0.1) is 4.95 Å². The fourth-order valence-electron chi connectivity index (χ4n) is 0.0803. The van der Waals surface area contributed by atoms with Crippen molar-refractivity contribution in [2.45, 2.75) is 0 Å². The summed E-state index contributed by atoms with van der Waals surface area (Å²) in [6, 6.07) is -0.416. The van der Waals surface area contributed by atoms with Gasteiger partial charge < -0.3 is 0 Å². The summed E-state index contributed by atoms with van der Waals surface area (Å²) in [5, 5.41) is 0. The smallest absolute Gasteiger partial charge is 0.274 e. The average molecular weight is 337 g/mol. The lowest BCUT2D eigenvalue weighted by Gasteiger charge is -1.93. The van der Waals surface area contributed by atoms with E-state index in [4.69, 9.17) is 6.57 Å². The SMILES string of the molecule is [C-]#[N+]N(I)C(=O)NI. The van der Waals surface area contributed by atoms with Gasteiger partial charge in [-0.1, -0.05) is 0 Å². The third-order valence-corrected chi connectivity index (χ3v) is 1.45. The minimum atomic E-state index is -0.416. The Bertz CT molecular complexity index is 130. The second kappa shape index (κ2) is 4.13. The second-order valence-corrected chi connectivity index (χ2v) is 2.21. The molecule has 0 aromatic rings. The van der Waals surface area contributed by atoms with Crippen LogP contribution in [0.1, 0.15) is 0 Å². The van der Waals surface area contributed by atoms with E-state index in [0.29, 0.717) is 0 Å². The summed E-state index contributed by atoms with van der Waals surface area (Å²) in [5.41, 5.74) is 0. The third kappa shape index (κ3) is 2.51. The molecule has 0 aromatic heterocycles. The lowest BCUT2D eigenvalue weighted by Crippen LogP contribution is -2.20. The van der Waals surface area contributed by atoms with Crippen LogP contribution in [0.5, 0.6) is 0 Å². The molecule has 0 spiro atoms. The Kier molecular flexibility index (Phi) is 4.25. The summed E-state index contributed by atoms with van der Waals surface area (Å²) in [5.74, 6) is 0. The molecule has 6 heteroatoms. The molecule has 0 aliphatic carbocycles. The molecule has 4 nitrogen and oxygen atoms in total. The molecule has 44 valence electrons. The van der Waals surface area contributed by atoms with Gasteiger partial charge in [0.1, 0.15) is 0 Å². The molecule has 0 fully saturated rings. The number of hydrogen-bond donors (Lipinski definition) is 1. The van der Waals surface area contributed by atoms with Crippen molar-refractivity contribution in [3.8, 4) is 0 Å². The molecule has 0 aliphatic rings. The number of hydrogen-bond acceptors (Lipinski definition) is 1. The zero-order valence-corrected chi connectivity index (χ0v) is 7.87. The van der Waals surface area contributed by atoms with E-state index in [1.165, 1.54) is 0 Å². The molecule has 0 heterocycles. The Morgan fingerprint density at radius 1 is 1.88 bits per heavy atom. The van der Waals surface area contributed by atoms with Gasteiger partial charge in [0.2, 0.25) is 0 Å². The summed E-state index contributed by atoms with van der Waals surface area (Å²) in [6.45, 7) is 6.32. The van der Waals surface area contributed by atoms with Gasteiger partial charge in [0.05, 0.1) is 22.9 Å². The molecule has 1 N–H and O–H groups in total. The molecule has 0 aromatic carbocycles. The highest BCUT2D eigenvalue weighted by Gasteiger charge is 2.10. The van der Waals surface area contributed by atoms with Crippen molar-refractivity contribution in [3.63, 3.8) is 0 Å². The fourth-order valence-corrected chi connectivity index (χ4v) is 0.891. The Balaban J connectivity index is 3.68. The maximum atomic E-state index is 10.3. The highest BCUT2D eigenvalue weighted by Crippen LogP contribution is 1.99. The number of rotatable bonds is 0. The first kappa shape index (κ1) is 8.22. The summed E-state index contributed by atoms with van der Waals surface area (Å²) in [7, 11) is 0. The van der Waals surface area contributed by atoms with Gasteiger partial charge in [-0.3, -0.25) is 3.53 Å². The fraction of sp³-hybridized carbons (Fsp3) is 0. The van der Waals surface area contributed by atoms with E-state index >= 15 is 0 Å². The lowest BCUT2D eigenvalue weighted by molar-refractivity contribution is 0.242. The molecule has 2 amide bonds. The maximum absolute atomic E-state index is 10.3. The van der Waals surface area contributed by atoms with E-state index in [1.807, 2.05) is 0 Å². The Morgan fingerprint density at radius 2 is 2.38 bits per heavy atom. The third-order valence-electron chi connectivity index (χ3n) is 0.336. The number of amides is 2. The van der Waals surface area contributed by atoms with Gasteiger partial charge in [-0.25, -0.2) is 4.79 Å². The molecular formula is C2HI2N3O. The first-order chi connectivity index (χ1) is 3.72. The highest BCUT2D eigenvalue weighted by atomic mass is 127. The normalized spacial score (nSPS) is 7.12. The van der Waals surface area contributed by atoms with Crippen molar-refractivity contribution in [2.24, 2.45) is 0 Å². The minimum absolute atomic E-state index is 0.416. The zero-order chi connectivity index (χ0) is 6.57. The Hall–Kier alpha value is 0.220. The van der Waals surface area contributed by atoms with Crippen LogP contribution in [0.3, 0.4) is 0 Å². The molecule has 0 unspecified atom stereocenters. The number of carbonyl (C=O) groups is 1. The Morgan fingerprint density at radius 3 is 2.50 bits per heavy atom. The van der Waals surface area contributed by atoms with Crippen molar-refractivity contribution < 1.29 is 4.79 Å². The lowest BCUT2D eigenvalue weighted by atomic mass is 11.1. The quantitative estimate of drug-likeness (QED) is 0.310. The van der Waals surface area contributed by atoms with Crippen molar-refractivity contribution in [3.05, 3.63) is 11.5 Å². The maximum Gasteiger partial charge on any atom is 0.403 e. The highest BCUT2D eigenvalue weighted by molar-refractivity contribution is 14.1. The molecular weight excluding hydrogens is 336 g/mol. The van der Waals surface area contributed by atoms with Gasteiger partial charge >= 0.3 is 6.03 Å². The van der Waals surface area contributed by atoms with Crippen LogP contribution in [0.25, 0.3) is 4.95 Å². The van der Waals surface area contributed by atoms with Crippen molar-refractivity contribution in [1.82, 2.24) is 6.75 Å². The van der Waals surface area contributed by atoms with Gasteiger partial charge in [0, 0.05) is 3.22 Å². The molecule has 0 aliphatic heterocycles. The number of urea groups is 1. The van der Waals surface area contributed by atoms with Crippen LogP contribution in [-0.4, -0.2) is 9.25 Å². The van der Waals surface area contributed by atoms with Gasteiger partial charge in [0.25, 0.3) is 0 Å². The van der Waals surface area contributed by atoms with Crippen LogP contribution in [0.15, 0.2) is 0 Å². The predicted molar refractivity (Wildman–Crippen MR) is 45.0 cm³/mol. The molecule has 0 bridgehead atoms. The van der Waals surface area contributed by atoms with E-state index in [0.717, 1.165) is 3.22 Å². The largest absolute Gasteiger partial charge is 0.403 e. The van der Waals surface area contributed by atoms with Crippen LogP contribution in [0.2, 0.25) is 0 Å². The van der Waals surface area contributed by atoms with Crippen LogP contribution in [0, 0.1) is 6.57 Å². The molecule has 0 saturated carbocycles. The zero-order valence-electron chi connectivity index (χ0n) is 3.56. The van der Waals surface area contributed by atoms with E-state index in [9.17, 15) is 4.79 Å². The van der Waals surface area contributed by atoms with Crippen molar-refractivity contribution >= 4 is 51.8 Å². The molecule has 0 rings (SSSR count). The van der Waals surface area contributed by atoms with Crippen LogP contribution in [0.4, 0.5) is 4.79 Å². The molecule has 0 atom stereocenters. The standard InChI is InChI=1S/C2HI2N3O/c1-5-7(4)2(8)6-3/h(H,6,8). The monoisotopic (exact) mass is 337 g/mol. The number of nitrogens with one attached hydrogen (secondary N) is 1. The first-order valence-corrected chi connectivity index (χ1v) is 3.50. The summed E-state index contributed by atoms with van der Waals surface area (Å²) in [4.78, 5) is 13.1. The first-order valence-electron chi connectivity index (χ1n) is 1.46. The van der Waals surface area contributed by atoms with Gasteiger partial charge in [-0.05, 0) is 0 Å². The number of halogens is 2. The van der Waals surface area contributed by atoms with E-state index in [2.05, 4.69) is 8.48 Å². The van der Waals surface area contributed by atoms with Crippen LogP contribution >= 0.6 is 45.7 Å². The van der Waals surface area contributed by atoms with Crippen LogP contribution < -0.4 is 3.53 Å². The summed E-state index contributed by atoms with van der Waals surface area (Å²) in [6.07, 6.45) is 0. The van der Waals surface area contributed by atoms with Crippen molar-refractivity contribution in [2.75, 3.05) is 0 Å². The molecule has 0 radical (unpaired) electrons.